The number of aryl methyl sites for hydroxylation is 4. The molecule has 4 aliphatic rings. The summed E-state index contributed by atoms with van der Waals surface area (Å²) in [6, 6.07) is 28.4. The van der Waals surface area contributed by atoms with Crippen molar-refractivity contribution in [2.45, 2.75) is 464 Å². The SMILES string of the molecule is CCCCCCCCCCCCCCCCCCc1ccc2c(c1)C1=NC2=Nc2c3cc(CCCCCCCCCCCCCCCCCC)ccc3c3[n]2[Al]([Cl])[n]2c(c4ccc(CCCCCCCCCCCCCCCCCC)cc4c2=NC2=NC(=N3)c3cc(CCCCCCCCCCCCCCCCCC)ccc32)=N1. The third kappa shape index (κ3) is 30.4. The monoisotopic (exact) mass is 1580 g/mol. The van der Waals surface area contributed by atoms with E-state index in [0.717, 1.165) is 92.1 Å². The predicted molar refractivity (Wildman–Crippen MR) is 500 cm³/mol. The van der Waals surface area contributed by atoms with Crippen LogP contribution in [0.1, 0.15) is 483 Å². The average molecular weight is 1580 g/mol. The van der Waals surface area contributed by atoms with Crippen LogP contribution in [0.15, 0.2) is 103 Å². The predicted octanol–water partition coefficient (Wildman–Crippen LogP) is 32.4. The van der Waals surface area contributed by atoms with Crippen LogP contribution in [0.3, 0.4) is 0 Å². The number of hydrogen-bond donors (Lipinski definition) is 0. The van der Waals surface area contributed by atoms with Gasteiger partial charge in [-0.3, -0.25) is 0 Å². The molecule has 4 aliphatic heterocycles. The lowest BCUT2D eigenvalue weighted by Gasteiger charge is -2.15. The topological polar surface area (TPSA) is 84.0 Å². The van der Waals surface area contributed by atoms with E-state index < -0.39 is 13.7 Å². The highest BCUT2D eigenvalue weighted by atomic mass is 35.6. The second-order valence-electron chi connectivity index (χ2n) is 36.0. The molecule has 10 rings (SSSR count). The van der Waals surface area contributed by atoms with Crippen LogP contribution in [0.25, 0.3) is 21.5 Å². The third-order valence-electron chi connectivity index (χ3n) is 26.1. The Labute approximate surface area is 705 Å². The van der Waals surface area contributed by atoms with Crippen molar-refractivity contribution in [1.82, 2.24) is 7.10 Å². The third-order valence-corrected chi connectivity index (χ3v) is 29.2. The van der Waals surface area contributed by atoms with Crippen molar-refractivity contribution in [3.05, 3.63) is 128 Å². The van der Waals surface area contributed by atoms with Crippen molar-refractivity contribution in [3.8, 4) is 0 Å². The van der Waals surface area contributed by atoms with Crippen molar-refractivity contribution in [2.24, 2.45) is 30.0 Å². The van der Waals surface area contributed by atoms with E-state index >= 15 is 0 Å². The highest BCUT2D eigenvalue weighted by molar-refractivity contribution is 7.05. The van der Waals surface area contributed by atoms with Gasteiger partial charge in [0.15, 0.2) is 23.3 Å². The first-order chi connectivity index (χ1) is 56.5. The Morgan fingerprint density at radius 3 is 0.754 bits per heavy atom. The number of rotatable bonds is 68. The lowest BCUT2D eigenvalue weighted by atomic mass is 9.99. The number of benzene rings is 4. The van der Waals surface area contributed by atoms with Crippen LogP contribution in [-0.2, 0) is 25.7 Å². The van der Waals surface area contributed by atoms with Crippen LogP contribution in [0.2, 0.25) is 0 Å². The number of aliphatic imine (C=N–C) groups is 4. The number of nitrogens with zero attached hydrogens (tertiary/aromatic N) is 8. The molecule has 0 amide bonds. The molecule has 4 aromatic carbocycles. The zero-order chi connectivity index (χ0) is 79.1. The fourth-order valence-corrected chi connectivity index (χ4v) is 21.8. The van der Waals surface area contributed by atoms with E-state index in [1.54, 1.807) is 0 Å². The first-order valence-electron chi connectivity index (χ1n) is 49.5. The molecule has 0 unspecified atom stereocenters. The minimum Gasteiger partial charge on any atom is -0.370 e. The zero-order valence-electron chi connectivity index (χ0n) is 73.5. The molecule has 6 bridgehead atoms. The van der Waals surface area contributed by atoms with Gasteiger partial charge in [0.1, 0.15) is 22.6 Å². The Morgan fingerprint density at radius 2 is 0.439 bits per heavy atom. The van der Waals surface area contributed by atoms with Crippen molar-refractivity contribution in [1.29, 1.82) is 0 Å². The molecule has 114 heavy (non-hydrogen) atoms. The normalized spacial score (nSPS) is 13.4. The van der Waals surface area contributed by atoms with E-state index in [2.05, 4.69) is 108 Å². The van der Waals surface area contributed by atoms with E-state index in [1.165, 1.54) is 433 Å². The van der Waals surface area contributed by atoms with Crippen molar-refractivity contribution >= 4 is 80.2 Å². The highest BCUT2D eigenvalue weighted by Gasteiger charge is 2.39. The molecule has 0 N–H and O–H groups in total. The molecule has 6 aromatic rings. The lowest BCUT2D eigenvalue weighted by molar-refractivity contribution is 0.529. The molecule has 0 spiro atoms. The van der Waals surface area contributed by atoms with Gasteiger partial charge in [0, 0.05) is 43.8 Å². The summed E-state index contributed by atoms with van der Waals surface area (Å²) in [5.74, 6) is 4.46. The van der Waals surface area contributed by atoms with Crippen LogP contribution in [0.5, 0.6) is 0 Å². The number of amidine groups is 4. The van der Waals surface area contributed by atoms with Gasteiger partial charge in [0.2, 0.25) is 0 Å². The second kappa shape index (κ2) is 55.0. The van der Waals surface area contributed by atoms with Crippen LogP contribution in [0.4, 0.5) is 11.6 Å². The average Bonchev–Trinajstić information content (AvgIpc) is 1.55. The van der Waals surface area contributed by atoms with Gasteiger partial charge < -0.3 is 7.10 Å². The van der Waals surface area contributed by atoms with E-state index in [-0.39, 0.29) is 0 Å². The van der Waals surface area contributed by atoms with Gasteiger partial charge in [-0.2, -0.15) is 10.0 Å². The molecule has 8 nitrogen and oxygen atoms in total. The summed E-state index contributed by atoms with van der Waals surface area (Å²) in [6.45, 7) is 9.26. The summed E-state index contributed by atoms with van der Waals surface area (Å²) in [6.07, 6.45) is 91.9. The number of hydrogen-bond acceptors (Lipinski definition) is 6. The summed E-state index contributed by atoms with van der Waals surface area (Å²) in [5, 5.41) is 4.26. The van der Waals surface area contributed by atoms with Gasteiger partial charge in [-0.05, 0) is 97.9 Å². The zero-order valence-corrected chi connectivity index (χ0v) is 75.5. The largest absolute Gasteiger partial charge is 0.722 e. The summed E-state index contributed by atoms with van der Waals surface area (Å²) < 4.78 is 4.67. The summed E-state index contributed by atoms with van der Waals surface area (Å²) in [5.41, 5.74) is 11.2. The van der Waals surface area contributed by atoms with Gasteiger partial charge in [-0.1, -0.05) is 461 Å². The van der Waals surface area contributed by atoms with Gasteiger partial charge in [-0.15, -0.1) is 0 Å². The Hall–Kier alpha value is -4.94. The van der Waals surface area contributed by atoms with Gasteiger partial charge >= 0.3 is 13.7 Å². The maximum absolute atomic E-state index is 8.62. The maximum Gasteiger partial charge on any atom is 0.722 e. The van der Waals surface area contributed by atoms with Gasteiger partial charge in [-0.25, -0.2) is 30.0 Å². The van der Waals surface area contributed by atoms with Crippen molar-refractivity contribution in [2.75, 3.05) is 0 Å². The lowest BCUT2D eigenvalue weighted by Crippen LogP contribution is -2.43. The molecule has 10 heteroatoms. The number of halogens is 1. The van der Waals surface area contributed by atoms with Crippen LogP contribution < -0.4 is 11.0 Å². The molecule has 0 saturated heterocycles. The standard InChI is InChI=1S/C104H160N8.Al.ClH/c1-5-9-13-17-21-25-29-33-37-41-45-49-53-57-61-65-69-85-73-77-89-93(81-85)101-105-97(89)110-102-95-83-87(71-67-63-59-55-51-47-43-39-35-31-27-23-19-15-11-7-3)75-79-91(95)99(107-102)112-104-96-84-88(72-68-64-60-56-52-48-44-40-36-32-28-24-20-16-12-8-4)76-80-92(96)100(108-104)111-103-94-82-86(74-78-90(94)98(106-103)109-101)70-66-62-58-54-50-46-42-38-34-30-26-22-18-14-10-6-2;;/h73-84H,5-72H2,1-4H3;;1H/q-2;+3;/p-1. The molecule has 0 saturated carbocycles. The molecule has 0 aliphatic carbocycles. The molecular weight excluding hydrogens is 1420 g/mol. The van der Waals surface area contributed by atoms with Gasteiger partial charge in [0.05, 0.1) is 0 Å². The molecule has 0 radical (unpaired) electrons. The molecule has 6 heterocycles. The van der Waals surface area contributed by atoms with E-state index in [4.69, 9.17) is 40.0 Å². The second-order valence-corrected chi connectivity index (χ2v) is 38.9. The molecular formula is C104H160AlClN8. The molecule has 2 aromatic heterocycles. The minimum absolute atomic E-state index is 0.700. The van der Waals surface area contributed by atoms with E-state index in [0.29, 0.717) is 23.3 Å². The number of fused-ring (bicyclic) bond motifs is 14. The van der Waals surface area contributed by atoms with Crippen molar-refractivity contribution in [3.63, 3.8) is 0 Å². The van der Waals surface area contributed by atoms with Gasteiger partial charge in [0.25, 0.3) is 0 Å². The van der Waals surface area contributed by atoms with E-state index in [1.807, 2.05) is 0 Å². The Balaban J connectivity index is 0.890. The number of aromatic nitrogens is 2. The molecule has 626 valence electrons. The van der Waals surface area contributed by atoms with Crippen molar-refractivity contribution < 1.29 is 0 Å². The minimum atomic E-state index is -2.96. The first kappa shape index (κ1) is 91.4. The smallest absolute Gasteiger partial charge is 0.370 e. The summed E-state index contributed by atoms with van der Waals surface area (Å²) >= 11 is -2.96. The van der Waals surface area contributed by atoms with Crippen LogP contribution in [0, 0.1) is 0 Å². The van der Waals surface area contributed by atoms with Crippen LogP contribution >= 0.6 is 10.0 Å². The number of unbranched alkanes of at least 4 members (excludes halogenated alkanes) is 60. The Bertz CT molecular complexity index is 3970. The summed E-state index contributed by atoms with van der Waals surface area (Å²) in [7, 11) is 8.62. The molecule has 0 atom stereocenters. The van der Waals surface area contributed by atoms with E-state index in [9.17, 15) is 0 Å². The fraction of sp³-hybridized carbons (Fsp3) is 0.692. The quantitative estimate of drug-likeness (QED) is 0.0269. The summed E-state index contributed by atoms with van der Waals surface area (Å²) in [4.78, 5) is 34.4. The Kier molecular flexibility index (Phi) is 44.1. The fourth-order valence-electron chi connectivity index (χ4n) is 18.9. The first-order valence-corrected chi connectivity index (χ1v) is 52.3. The Morgan fingerprint density at radius 1 is 0.211 bits per heavy atom. The molecule has 0 fully saturated rings. The van der Waals surface area contributed by atoms with Crippen LogP contribution in [-0.4, -0.2) is 44.1 Å². The highest BCUT2D eigenvalue weighted by Crippen LogP contribution is 2.43. The maximum atomic E-state index is 8.62.